The van der Waals surface area contributed by atoms with Crippen LogP contribution in [0.5, 0.6) is 0 Å². The minimum atomic E-state index is -4.76. The third-order valence-corrected chi connectivity index (χ3v) is 10.4. The second-order valence-electron chi connectivity index (χ2n) is 6.55. The van der Waals surface area contributed by atoms with Crippen molar-refractivity contribution in [1.29, 1.82) is 0 Å². The lowest BCUT2D eigenvalue weighted by Gasteiger charge is -2.32. The highest BCUT2D eigenvalue weighted by Gasteiger charge is 2.50. The Hall–Kier alpha value is 0.290. The van der Waals surface area contributed by atoms with Gasteiger partial charge in [-0.3, -0.25) is 22.6 Å². The van der Waals surface area contributed by atoms with E-state index in [-0.39, 0.29) is 12.5 Å². The molecule has 0 amide bonds. The van der Waals surface area contributed by atoms with Crippen molar-refractivity contribution >= 4 is 23.5 Å². The van der Waals surface area contributed by atoms with Gasteiger partial charge in [0.1, 0.15) is 18.3 Å². The van der Waals surface area contributed by atoms with Crippen LogP contribution in [-0.2, 0) is 54.4 Å². The minimum Gasteiger partial charge on any atom is -0.388 e. The molecule has 2 aliphatic rings. The molecule has 6 atom stereocenters. The normalized spacial score (nSPS) is 31.8. The molecule has 2 rings (SSSR count). The molecule has 0 bridgehead atoms. The zero-order valence-corrected chi connectivity index (χ0v) is 20.1. The third kappa shape index (κ3) is 6.20. The molecule has 2 fully saturated rings. The van der Waals surface area contributed by atoms with E-state index in [9.17, 15) is 18.8 Å². The molecule has 1 heterocycles. The number of hydrogen-bond acceptors (Lipinski definition) is 13. The van der Waals surface area contributed by atoms with Crippen LogP contribution in [0.3, 0.4) is 0 Å². The van der Waals surface area contributed by atoms with Crippen LogP contribution in [0.15, 0.2) is 0 Å². The first kappa shape index (κ1) is 26.5. The molecule has 0 aromatic rings. The number of phosphoric acid groups is 3. The van der Waals surface area contributed by atoms with E-state index in [1.807, 2.05) is 0 Å². The number of rotatable bonds is 13. The maximum Gasteiger partial charge on any atom is 0.492 e. The molecule has 1 aliphatic carbocycles. The summed E-state index contributed by atoms with van der Waals surface area (Å²) >= 11 is 0. The van der Waals surface area contributed by atoms with Crippen LogP contribution < -0.4 is 0 Å². The zero-order chi connectivity index (χ0) is 22.6. The van der Waals surface area contributed by atoms with Gasteiger partial charge in [0.2, 0.25) is 0 Å². The lowest BCUT2D eigenvalue weighted by atomic mass is 9.79. The number of phosphoric ester groups is 2. The van der Waals surface area contributed by atoms with Crippen LogP contribution in [-0.4, -0.2) is 71.7 Å². The van der Waals surface area contributed by atoms with Crippen molar-refractivity contribution in [1.82, 2.24) is 0 Å². The molecule has 13 nitrogen and oxygen atoms in total. The molecule has 0 aromatic heterocycles. The number of hydrogen-bond donors (Lipinski definition) is 1. The Bertz CT molecular complexity index is 691. The molecule has 1 aliphatic heterocycles. The first-order valence-electron chi connectivity index (χ1n) is 9.04. The Morgan fingerprint density at radius 2 is 1.40 bits per heavy atom. The van der Waals surface area contributed by atoms with Gasteiger partial charge >= 0.3 is 23.5 Å². The first-order valence-corrected chi connectivity index (χ1v) is 13.4. The van der Waals surface area contributed by atoms with Crippen molar-refractivity contribution in [2.24, 2.45) is 5.92 Å². The van der Waals surface area contributed by atoms with Crippen LogP contribution in [0, 0.1) is 5.92 Å². The van der Waals surface area contributed by atoms with E-state index >= 15 is 0 Å². The number of ether oxygens (including phenoxy) is 2. The van der Waals surface area contributed by atoms with Crippen molar-refractivity contribution in [2.75, 3.05) is 42.2 Å². The SMILES string of the molecule is COC1[C@@H](COP(=O)(OC)OP(=O)(OC)OP(=O)(OC)OC)O[C@@H](C2CCC2)[C@H]1O. The predicted molar refractivity (Wildman–Crippen MR) is 102 cm³/mol. The Morgan fingerprint density at radius 1 is 0.867 bits per heavy atom. The summed E-state index contributed by atoms with van der Waals surface area (Å²) in [6, 6.07) is 0. The third-order valence-electron chi connectivity index (χ3n) is 4.95. The summed E-state index contributed by atoms with van der Waals surface area (Å²) in [6.45, 7) is -0.389. The minimum absolute atomic E-state index is 0.201. The second-order valence-corrected chi connectivity index (χ2v) is 12.3. The van der Waals surface area contributed by atoms with Crippen LogP contribution in [0.1, 0.15) is 19.3 Å². The standard InChI is InChI=1S/C14H29O13P3/c1-19-14-11(25-13(12(14)15)10-7-6-8-10)9-24-29(17,22-4)27-30(18,23-5)26-28(16,20-2)21-3/h10-15H,6-9H2,1-5H3/t11-,12-,13+,14?,29?,30?/m1/s1. The summed E-state index contributed by atoms with van der Waals surface area (Å²) < 4.78 is 81.7. The Balaban J connectivity index is 2.06. The largest absolute Gasteiger partial charge is 0.492 e. The van der Waals surface area contributed by atoms with Crippen LogP contribution in [0.2, 0.25) is 0 Å². The highest BCUT2D eigenvalue weighted by molar-refractivity contribution is 7.67. The average Bonchev–Trinajstić information content (AvgIpc) is 3.00. The van der Waals surface area contributed by atoms with Crippen molar-refractivity contribution in [2.45, 2.75) is 43.7 Å². The maximum absolute atomic E-state index is 12.8. The molecule has 1 saturated heterocycles. The number of aliphatic hydroxyl groups excluding tert-OH is 1. The first-order chi connectivity index (χ1) is 14.1. The molecular formula is C14H29O13P3. The van der Waals surface area contributed by atoms with Gasteiger partial charge in [0.25, 0.3) is 0 Å². The molecule has 0 spiro atoms. The van der Waals surface area contributed by atoms with E-state index in [0.29, 0.717) is 0 Å². The summed E-state index contributed by atoms with van der Waals surface area (Å²) in [4.78, 5) is 0. The topological polar surface area (TPSA) is 155 Å². The molecule has 0 radical (unpaired) electrons. The summed E-state index contributed by atoms with van der Waals surface area (Å²) in [5.74, 6) is 0.201. The molecule has 178 valence electrons. The van der Waals surface area contributed by atoms with Gasteiger partial charge in [0.05, 0.1) is 12.7 Å². The Morgan fingerprint density at radius 3 is 1.83 bits per heavy atom. The maximum atomic E-state index is 12.8. The molecular weight excluding hydrogens is 469 g/mol. The van der Waals surface area contributed by atoms with Crippen LogP contribution >= 0.6 is 23.5 Å². The Labute approximate surface area is 175 Å². The van der Waals surface area contributed by atoms with Crippen LogP contribution in [0.4, 0.5) is 0 Å². The second kappa shape index (κ2) is 10.9. The van der Waals surface area contributed by atoms with Gasteiger partial charge in [-0.05, 0) is 18.8 Å². The van der Waals surface area contributed by atoms with Crippen molar-refractivity contribution < 1.29 is 59.5 Å². The smallest absolute Gasteiger partial charge is 0.388 e. The predicted octanol–water partition coefficient (Wildman–Crippen LogP) is 2.89. The average molecular weight is 498 g/mol. The fraction of sp³-hybridized carbons (Fsp3) is 1.00. The fourth-order valence-electron chi connectivity index (χ4n) is 3.09. The number of methoxy groups -OCH3 is 1. The molecule has 1 N–H and O–H groups in total. The van der Waals surface area contributed by atoms with Crippen molar-refractivity contribution in [3.63, 3.8) is 0 Å². The lowest BCUT2D eigenvalue weighted by Crippen LogP contribution is -2.39. The van der Waals surface area contributed by atoms with Crippen molar-refractivity contribution in [3.8, 4) is 0 Å². The molecule has 0 aromatic carbocycles. The van der Waals surface area contributed by atoms with E-state index in [1.165, 1.54) is 7.11 Å². The summed E-state index contributed by atoms with van der Waals surface area (Å²) in [6.07, 6.45) is 0.0463. The van der Waals surface area contributed by atoms with Gasteiger partial charge < -0.3 is 14.6 Å². The van der Waals surface area contributed by atoms with E-state index in [0.717, 1.165) is 47.7 Å². The summed E-state index contributed by atoms with van der Waals surface area (Å²) in [5.41, 5.74) is 0. The van der Waals surface area contributed by atoms with E-state index < -0.39 is 47.9 Å². The molecule has 1 saturated carbocycles. The van der Waals surface area contributed by atoms with Crippen molar-refractivity contribution in [3.05, 3.63) is 0 Å². The van der Waals surface area contributed by atoms with Gasteiger partial charge in [0.15, 0.2) is 0 Å². The van der Waals surface area contributed by atoms with Gasteiger partial charge in [-0.15, -0.1) is 0 Å². The van der Waals surface area contributed by atoms with E-state index in [1.54, 1.807) is 0 Å². The van der Waals surface area contributed by atoms with Gasteiger partial charge in [-0.1, -0.05) is 6.42 Å². The highest BCUT2D eigenvalue weighted by Crippen LogP contribution is 2.72. The monoisotopic (exact) mass is 498 g/mol. The zero-order valence-electron chi connectivity index (χ0n) is 17.4. The quantitative estimate of drug-likeness (QED) is 0.370. The summed E-state index contributed by atoms with van der Waals surface area (Å²) in [5, 5.41) is 10.5. The Kier molecular flexibility index (Phi) is 9.68. The fourth-order valence-corrected chi connectivity index (χ4v) is 7.55. The number of aliphatic hydroxyl groups is 1. The van der Waals surface area contributed by atoms with Crippen LogP contribution in [0.25, 0.3) is 0 Å². The summed E-state index contributed by atoms with van der Waals surface area (Å²) in [7, 11) is -8.40. The molecule has 30 heavy (non-hydrogen) atoms. The lowest BCUT2D eigenvalue weighted by molar-refractivity contribution is -0.0603. The molecule has 3 unspecified atom stereocenters. The van der Waals surface area contributed by atoms with Gasteiger partial charge in [-0.2, -0.15) is 8.62 Å². The molecule has 16 heteroatoms. The van der Waals surface area contributed by atoms with E-state index in [2.05, 4.69) is 17.9 Å². The van der Waals surface area contributed by atoms with Gasteiger partial charge in [-0.25, -0.2) is 13.7 Å². The van der Waals surface area contributed by atoms with E-state index in [4.69, 9.17) is 22.8 Å². The van der Waals surface area contributed by atoms with Gasteiger partial charge in [0, 0.05) is 35.5 Å². The highest BCUT2D eigenvalue weighted by atomic mass is 31.3.